The van der Waals surface area contributed by atoms with Crippen molar-refractivity contribution in [2.45, 2.75) is 19.3 Å². The number of benzene rings is 1. The van der Waals surface area contributed by atoms with E-state index in [1.165, 1.54) is 0 Å². The van der Waals surface area contributed by atoms with E-state index >= 15 is 0 Å². The lowest BCUT2D eigenvalue weighted by atomic mass is 9.96. The van der Waals surface area contributed by atoms with E-state index in [0.29, 0.717) is 52.2 Å². The quantitative estimate of drug-likeness (QED) is 0.718. The molecular formula is C20H27N3O5. The highest BCUT2D eigenvalue weighted by atomic mass is 16.6. The predicted octanol–water partition coefficient (Wildman–Crippen LogP) is 1.04. The standard InChI is InChI=1S/C20H27N3O5/c1-27-17-5-2-15(3-6-17)8-10-23-14-16(4-7-18(23)24)19(25)21-9-11-22-12-13-28-20(22)26/h2-3,5-6,16H,4,7-14H2,1H3,(H,21,25)/t16-/m0/s1. The summed E-state index contributed by atoms with van der Waals surface area (Å²) in [6.07, 6.45) is 1.36. The molecule has 1 aromatic rings. The van der Waals surface area contributed by atoms with E-state index in [9.17, 15) is 14.4 Å². The summed E-state index contributed by atoms with van der Waals surface area (Å²) in [6, 6.07) is 7.78. The van der Waals surface area contributed by atoms with Gasteiger partial charge in [0.05, 0.1) is 19.6 Å². The third kappa shape index (κ3) is 5.15. The molecule has 3 amide bonds. The highest BCUT2D eigenvalue weighted by Crippen LogP contribution is 2.19. The van der Waals surface area contributed by atoms with Crippen molar-refractivity contribution in [3.05, 3.63) is 29.8 Å². The van der Waals surface area contributed by atoms with Crippen LogP contribution >= 0.6 is 0 Å². The Balaban J connectivity index is 1.44. The molecule has 0 saturated carbocycles. The second-order valence-corrected chi connectivity index (χ2v) is 7.07. The minimum atomic E-state index is -0.331. The number of rotatable bonds is 8. The maximum absolute atomic E-state index is 12.5. The number of likely N-dealkylation sites (tertiary alicyclic amines) is 1. The first-order chi connectivity index (χ1) is 13.6. The molecule has 28 heavy (non-hydrogen) atoms. The number of nitrogens with zero attached hydrogens (tertiary/aromatic N) is 2. The van der Waals surface area contributed by atoms with Crippen molar-refractivity contribution in [1.82, 2.24) is 15.1 Å². The van der Waals surface area contributed by atoms with Gasteiger partial charge in [-0.3, -0.25) is 9.59 Å². The van der Waals surface area contributed by atoms with E-state index in [1.807, 2.05) is 24.3 Å². The summed E-state index contributed by atoms with van der Waals surface area (Å²) in [5.41, 5.74) is 1.12. The molecule has 3 rings (SSSR count). The molecule has 152 valence electrons. The summed E-state index contributed by atoms with van der Waals surface area (Å²) in [5, 5.41) is 2.88. The Bertz CT molecular complexity index is 706. The molecule has 0 spiro atoms. The van der Waals surface area contributed by atoms with Crippen molar-refractivity contribution in [3.63, 3.8) is 0 Å². The van der Waals surface area contributed by atoms with Crippen LogP contribution in [0.5, 0.6) is 5.75 Å². The van der Waals surface area contributed by atoms with Gasteiger partial charge in [0.25, 0.3) is 0 Å². The van der Waals surface area contributed by atoms with Crippen LogP contribution in [0.4, 0.5) is 4.79 Å². The molecule has 1 aromatic carbocycles. The summed E-state index contributed by atoms with van der Waals surface area (Å²) in [5.74, 6) is 0.628. The first-order valence-corrected chi connectivity index (χ1v) is 9.67. The van der Waals surface area contributed by atoms with E-state index in [4.69, 9.17) is 9.47 Å². The number of methoxy groups -OCH3 is 1. The summed E-state index contributed by atoms with van der Waals surface area (Å²) >= 11 is 0. The average molecular weight is 389 g/mol. The number of hydrogen-bond acceptors (Lipinski definition) is 5. The van der Waals surface area contributed by atoms with Gasteiger partial charge < -0.3 is 24.6 Å². The van der Waals surface area contributed by atoms with Gasteiger partial charge in [-0.05, 0) is 30.5 Å². The van der Waals surface area contributed by atoms with Gasteiger partial charge >= 0.3 is 6.09 Å². The van der Waals surface area contributed by atoms with Gasteiger partial charge in [0.15, 0.2) is 0 Å². The Labute approximate surface area is 164 Å². The topological polar surface area (TPSA) is 88.2 Å². The zero-order chi connectivity index (χ0) is 19.9. The maximum Gasteiger partial charge on any atom is 0.409 e. The SMILES string of the molecule is COc1ccc(CCN2C[C@@H](C(=O)NCCN3CCOC3=O)CCC2=O)cc1. The Kier molecular flexibility index (Phi) is 6.73. The van der Waals surface area contributed by atoms with Crippen LogP contribution in [0.25, 0.3) is 0 Å². The molecule has 1 atom stereocenters. The molecule has 0 aliphatic carbocycles. The second kappa shape index (κ2) is 9.43. The van der Waals surface area contributed by atoms with E-state index in [-0.39, 0.29) is 23.8 Å². The molecule has 0 radical (unpaired) electrons. The first kappa shape index (κ1) is 20.0. The largest absolute Gasteiger partial charge is 0.497 e. The number of carbonyl (C=O) groups is 3. The third-order valence-corrected chi connectivity index (χ3v) is 5.23. The Morgan fingerprint density at radius 3 is 2.68 bits per heavy atom. The van der Waals surface area contributed by atoms with Crippen LogP contribution in [0, 0.1) is 5.92 Å². The van der Waals surface area contributed by atoms with Crippen LogP contribution < -0.4 is 10.1 Å². The summed E-state index contributed by atoms with van der Waals surface area (Å²) < 4.78 is 10.0. The van der Waals surface area contributed by atoms with Gasteiger partial charge in [-0.25, -0.2) is 4.79 Å². The minimum absolute atomic E-state index is 0.0606. The molecule has 8 heteroatoms. The number of ether oxygens (including phenoxy) is 2. The fourth-order valence-corrected chi connectivity index (χ4v) is 3.49. The highest BCUT2D eigenvalue weighted by Gasteiger charge is 2.30. The lowest BCUT2D eigenvalue weighted by Crippen LogP contribution is -2.47. The maximum atomic E-state index is 12.5. The van der Waals surface area contributed by atoms with Crippen LogP contribution in [-0.2, 0) is 20.7 Å². The predicted molar refractivity (Wildman–Crippen MR) is 102 cm³/mol. The Morgan fingerprint density at radius 1 is 1.21 bits per heavy atom. The van der Waals surface area contributed by atoms with Gasteiger partial charge in [0, 0.05) is 32.6 Å². The molecule has 0 unspecified atom stereocenters. The van der Waals surface area contributed by atoms with Crippen LogP contribution in [0.2, 0.25) is 0 Å². The van der Waals surface area contributed by atoms with E-state index in [2.05, 4.69) is 5.32 Å². The fourth-order valence-electron chi connectivity index (χ4n) is 3.49. The number of carbonyl (C=O) groups excluding carboxylic acids is 3. The lowest BCUT2D eigenvalue weighted by molar-refractivity contribution is -0.138. The van der Waals surface area contributed by atoms with Crippen LogP contribution in [-0.4, -0.2) is 74.1 Å². The lowest BCUT2D eigenvalue weighted by Gasteiger charge is -2.32. The number of cyclic esters (lactones) is 1. The molecule has 2 fully saturated rings. The molecule has 2 heterocycles. The van der Waals surface area contributed by atoms with Crippen LogP contribution in [0.3, 0.4) is 0 Å². The second-order valence-electron chi connectivity index (χ2n) is 7.07. The van der Waals surface area contributed by atoms with Gasteiger partial charge in [-0.15, -0.1) is 0 Å². The summed E-state index contributed by atoms with van der Waals surface area (Å²) in [4.78, 5) is 39.4. The summed E-state index contributed by atoms with van der Waals surface area (Å²) in [7, 11) is 1.63. The van der Waals surface area contributed by atoms with Crippen molar-refractivity contribution in [3.8, 4) is 5.75 Å². The van der Waals surface area contributed by atoms with Crippen LogP contribution in [0.1, 0.15) is 18.4 Å². The monoisotopic (exact) mass is 389 g/mol. The van der Waals surface area contributed by atoms with Crippen molar-refractivity contribution in [1.29, 1.82) is 0 Å². The third-order valence-electron chi connectivity index (χ3n) is 5.23. The molecule has 1 N–H and O–H groups in total. The Hall–Kier alpha value is -2.77. The van der Waals surface area contributed by atoms with Crippen molar-refractivity contribution < 1.29 is 23.9 Å². The van der Waals surface area contributed by atoms with E-state index in [1.54, 1.807) is 16.9 Å². The van der Waals surface area contributed by atoms with Crippen LogP contribution in [0.15, 0.2) is 24.3 Å². The van der Waals surface area contributed by atoms with Crippen molar-refractivity contribution >= 4 is 17.9 Å². The number of nitrogens with one attached hydrogen (secondary N) is 1. The number of amides is 3. The average Bonchev–Trinajstić information content (AvgIpc) is 3.12. The fraction of sp³-hybridized carbons (Fsp3) is 0.550. The Morgan fingerprint density at radius 2 is 2.00 bits per heavy atom. The summed E-state index contributed by atoms with van der Waals surface area (Å²) in [6.45, 7) is 2.83. The normalized spacial score (nSPS) is 19.5. The molecule has 0 aromatic heterocycles. The zero-order valence-corrected chi connectivity index (χ0v) is 16.2. The van der Waals surface area contributed by atoms with Gasteiger partial charge in [-0.1, -0.05) is 12.1 Å². The molecule has 2 aliphatic rings. The zero-order valence-electron chi connectivity index (χ0n) is 16.2. The van der Waals surface area contributed by atoms with E-state index in [0.717, 1.165) is 17.7 Å². The minimum Gasteiger partial charge on any atom is -0.497 e. The first-order valence-electron chi connectivity index (χ1n) is 9.67. The molecular weight excluding hydrogens is 362 g/mol. The van der Waals surface area contributed by atoms with Gasteiger partial charge in [-0.2, -0.15) is 0 Å². The molecule has 2 saturated heterocycles. The number of piperidine rings is 1. The molecule has 8 nitrogen and oxygen atoms in total. The van der Waals surface area contributed by atoms with Gasteiger partial charge in [0.1, 0.15) is 12.4 Å². The number of hydrogen-bond donors (Lipinski definition) is 1. The molecule has 0 bridgehead atoms. The van der Waals surface area contributed by atoms with Crippen molar-refractivity contribution in [2.24, 2.45) is 5.92 Å². The highest BCUT2D eigenvalue weighted by molar-refractivity contribution is 5.83. The van der Waals surface area contributed by atoms with Gasteiger partial charge in [0.2, 0.25) is 11.8 Å². The smallest absolute Gasteiger partial charge is 0.409 e. The van der Waals surface area contributed by atoms with Crippen molar-refractivity contribution in [2.75, 3.05) is 46.4 Å². The van der Waals surface area contributed by atoms with E-state index < -0.39 is 0 Å². The molecule has 2 aliphatic heterocycles.